The monoisotopic (exact) mass is 456 g/mol. The van der Waals surface area contributed by atoms with Crippen molar-refractivity contribution in [1.29, 1.82) is 0 Å². The second kappa shape index (κ2) is 10.6. The van der Waals surface area contributed by atoms with E-state index in [2.05, 4.69) is 0 Å². The van der Waals surface area contributed by atoms with Crippen molar-refractivity contribution in [2.45, 2.75) is 19.8 Å². The number of rotatable bonds is 6. The summed E-state index contributed by atoms with van der Waals surface area (Å²) in [6.07, 6.45) is 4.13. The molecule has 0 N–H and O–H groups in total. The van der Waals surface area contributed by atoms with E-state index in [0.717, 1.165) is 18.7 Å². The summed E-state index contributed by atoms with van der Waals surface area (Å²) in [7, 11) is 3.86. The van der Waals surface area contributed by atoms with Gasteiger partial charge in [0.2, 0.25) is 5.91 Å². The number of Topliss-reactive ketones (excluding diaryl/α,β-unsaturated/α-hetero) is 1. The molecular formula is C26H27F3N2O2. The summed E-state index contributed by atoms with van der Waals surface area (Å²) in [6.45, 7) is 2.60. The average Bonchev–Trinajstić information content (AvgIpc) is 2.75. The molecule has 0 unspecified atom stereocenters. The Morgan fingerprint density at radius 1 is 0.939 bits per heavy atom. The highest BCUT2D eigenvalue weighted by Gasteiger charge is 2.29. The number of hydrogen-bond donors (Lipinski definition) is 0. The van der Waals surface area contributed by atoms with Crippen molar-refractivity contribution in [2.75, 3.05) is 33.7 Å². The highest BCUT2D eigenvalue weighted by molar-refractivity contribution is 6.15. The van der Waals surface area contributed by atoms with Crippen LogP contribution in [0.15, 0.2) is 47.5 Å². The SMILES string of the molecule is Cc1cc(/C=C2\CN(C(=O)CCCN(C)C)C/C(=C\c3ccc(F)c(F)c3)C2=O)ccc1F. The molecule has 2 aromatic carbocycles. The maximum Gasteiger partial charge on any atom is 0.223 e. The number of nitrogens with zero attached hydrogens (tertiary/aromatic N) is 2. The predicted octanol–water partition coefficient (Wildman–Crippen LogP) is 4.63. The quantitative estimate of drug-likeness (QED) is 0.595. The maximum atomic E-state index is 13.7. The van der Waals surface area contributed by atoms with E-state index in [9.17, 15) is 22.8 Å². The van der Waals surface area contributed by atoms with Crippen LogP contribution in [-0.4, -0.2) is 55.2 Å². The number of halogens is 3. The zero-order chi connectivity index (χ0) is 24.1. The van der Waals surface area contributed by atoms with Crippen LogP contribution in [0.2, 0.25) is 0 Å². The van der Waals surface area contributed by atoms with Crippen LogP contribution in [0.4, 0.5) is 13.2 Å². The van der Waals surface area contributed by atoms with Crippen molar-refractivity contribution in [3.8, 4) is 0 Å². The molecule has 2 aromatic rings. The lowest BCUT2D eigenvalue weighted by Gasteiger charge is -2.30. The fourth-order valence-corrected chi connectivity index (χ4v) is 3.68. The second-order valence-electron chi connectivity index (χ2n) is 8.51. The smallest absolute Gasteiger partial charge is 0.223 e. The molecule has 0 atom stereocenters. The van der Waals surface area contributed by atoms with E-state index in [-0.39, 0.29) is 30.6 Å². The molecule has 0 radical (unpaired) electrons. The number of carbonyl (C=O) groups excluding carboxylic acids is 2. The van der Waals surface area contributed by atoms with Gasteiger partial charge in [0.15, 0.2) is 17.4 Å². The van der Waals surface area contributed by atoms with Crippen LogP contribution >= 0.6 is 0 Å². The number of ketones is 1. The third-order valence-corrected chi connectivity index (χ3v) is 5.46. The van der Waals surface area contributed by atoms with Gasteiger partial charge in [0.25, 0.3) is 0 Å². The zero-order valence-corrected chi connectivity index (χ0v) is 19.0. The van der Waals surface area contributed by atoms with Gasteiger partial charge >= 0.3 is 0 Å². The van der Waals surface area contributed by atoms with E-state index in [4.69, 9.17) is 0 Å². The molecule has 1 aliphatic rings. The summed E-state index contributed by atoms with van der Waals surface area (Å²) in [5, 5.41) is 0. The van der Waals surface area contributed by atoms with Crippen LogP contribution in [0, 0.1) is 24.4 Å². The number of carbonyl (C=O) groups is 2. The van der Waals surface area contributed by atoms with E-state index in [1.165, 1.54) is 18.2 Å². The van der Waals surface area contributed by atoms with Crippen LogP contribution < -0.4 is 0 Å². The van der Waals surface area contributed by atoms with Gasteiger partial charge in [-0.15, -0.1) is 0 Å². The van der Waals surface area contributed by atoms with Gasteiger partial charge < -0.3 is 9.80 Å². The van der Waals surface area contributed by atoms with Crippen LogP contribution in [0.25, 0.3) is 12.2 Å². The van der Waals surface area contributed by atoms with E-state index < -0.39 is 11.6 Å². The molecule has 0 saturated carbocycles. The minimum atomic E-state index is -1.01. The number of amides is 1. The Morgan fingerprint density at radius 2 is 1.52 bits per heavy atom. The Labute approximate surface area is 192 Å². The average molecular weight is 457 g/mol. The van der Waals surface area contributed by atoms with Crippen molar-refractivity contribution in [3.63, 3.8) is 0 Å². The molecule has 0 aliphatic carbocycles. The molecule has 7 heteroatoms. The van der Waals surface area contributed by atoms with Gasteiger partial charge in [0, 0.05) is 30.7 Å². The first-order valence-electron chi connectivity index (χ1n) is 10.7. The van der Waals surface area contributed by atoms with Crippen molar-refractivity contribution in [1.82, 2.24) is 9.80 Å². The van der Waals surface area contributed by atoms with Gasteiger partial charge in [0.1, 0.15) is 5.82 Å². The summed E-state index contributed by atoms with van der Waals surface area (Å²) >= 11 is 0. The number of aryl methyl sites for hydroxylation is 1. The Hall–Kier alpha value is -3.19. The number of hydrogen-bond acceptors (Lipinski definition) is 3. The zero-order valence-electron chi connectivity index (χ0n) is 19.0. The molecule has 1 heterocycles. The largest absolute Gasteiger partial charge is 0.334 e. The first kappa shape index (κ1) is 24.5. The Bertz CT molecular complexity index is 1050. The molecule has 0 aromatic heterocycles. The molecule has 3 rings (SSSR count). The summed E-state index contributed by atoms with van der Waals surface area (Å²) < 4.78 is 40.6. The third-order valence-electron chi connectivity index (χ3n) is 5.46. The highest BCUT2D eigenvalue weighted by atomic mass is 19.2. The standard InChI is InChI=1S/C26H27F3N2O2/c1-17-11-18(6-8-22(17)27)12-20-15-31(25(32)5-4-10-30(2)3)16-21(26(20)33)13-19-7-9-23(28)24(29)14-19/h6-9,11-14H,4-5,10,15-16H2,1-3H3/b20-12+,21-13+. The molecule has 1 amide bonds. The summed E-state index contributed by atoms with van der Waals surface area (Å²) in [6, 6.07) is 7.92. The van der Waals surface area contributed by atoms with Gasteiger partial charge in [0.05, 0.1) is 0 Å². The third kappa shape index (κ3) is 6.42. The van der Waals surface area contributed by atoms with Gasteiger partial charge in [-0.25, -0.2) is 13.2 Å². The highest BCUT2D eigenvalue weighted by Crippen LogP contribution is 2.24. The Kier molecular flexibility index (Phi) is 7.87. The van der Waals surface area contributed by atoms with E-state index in [0.29, 0.717) is 40.7 Å². The molecule has 4 nitrogen and oxygen atoms in total. The summed E-state index contributed by atoms with van der Waals surface area (Å²) in [5.41, 5.74) is 2.10. The fraction of sp³-hybridized carbons (Fsp3) is 0.308. The Morgan fingerprint density at radius 3 is 2.06 bits per heavy atom. The topological polar surface area (TPSA) is 40.6 Å². The molecule has 1 saturated heterocycles. The number of likely N-dealkylation sites (tertiary alicyclic amines) is 1. The van der Waals surface area contributed by atoms with Gasteiger partial charge in [-0.3, -0.25) is 9.59 Å². The molecule has 1 fully saturated rings. The van der Waals surface area contributed by atoms with E-state index >= 15 is 0 Å². The van der Waals surface area contributed by atoms with Crippen LogP contribution in [0.3, 0.4) is 0 Å². The minimum Gasteiger partial charge on any atom is -0.334 e. The number of benzene rings is 2. The second-order valence-corrected chi connectivity index (χ2v) is 8.51. The predicted molar refractivity (Wildman–Crippen MR) is 123 cm³/mol. The van der Waals surface area contributed by atoms with Gasteiger partial charge in [-0.05, 0) is 87.1 Å². The maximum absolute atomic E-state index is 13.7. The summed E-state index contributed by atoms with van der Waals surface area (Å²) in [5.74, 6) is -2.71. The molecule has 174 valence electrons. The van der Waals surface area contributed by atoms with Crippen LogP contribution in [0.1, 0.15) is 29.5 Å². The van der Waals surface area contributed by atoms with E-state index in [1.54, 1.807) is 30.0 Å². The van der Waals surface area contributed by atoms with Crippen molar-refractivity contribution in [2.24, 2.45) is 0 Å². The molecule has 33 heavy (non-hydrogen) atoms. The molecule has 0 bridgehead atoms. The van der Waals surface area contributed by atoms with Crippen LogP contribution in [0.5, 0.6) is 0 Å². The normalized spacial score (nSPS) is 16.8. The molecular weight excluding hydrogens is 429 g/mol. The van der Waals surface area contributed by atoms with Crippen LogP contribution in [-0.2, 0) is 9.59 Å². The Balaban J connectivity index is 1.94. The fourth-order valence-electron chi connectivity index (χ4n) is 3.68. The first-order chi connectivity index (χ1) is 15.6. The van der Waals surface area contributed by atoms with Gasteiger partial charge in [-0.2, -0.15) is 0 Å². The first-order valence-corrected chi connectivity index (χ1v) is 10.7. The van der Waals surface area contributed by atoms with E-state index in [1.807, 2.05) is 19.0 Å². The van der Waals surface area contributed by atoms with Crippen molar-refractivity contribution < 1.29 is 22.8 Å². The number of piperidine rings is 1. The molecule has 1 aliphatic heterocycles. The lowest BCUT2D eigenvalue weighted by Crippen LogP contribution is -2.41. The minimum absolute atomic E-state index is 0.0818. The van der Waals surface area contributed by atoms with Gasteiger partial charge in [-0.1, -0.05) is 12.1 Å². The summed E-state index contributed by atoms with van der Waals surface area (Å²) in [4.78, 5) is 29.6. The van der Waals surface area contributed by atoms with Crippen molar-refractivity contribution >= 4 is 23.8 Å². The molecule has 0 spiro atoms. The lowest BCUT2D eigenvalue weighted by molar-refractivity contribution is -0.131. The lowest BCUT2D eigenvalue weighted by atomic mass is 9.93. The van der Waals surface area contributed by atoms with Crippen molar-refractivity contribution in [3.05, 3.63) is 81.7 Å².